The van der Waals surface area contributed by atoms with Gasteiger partial charge in [-0.3, -0.25) is 0 Å². The van der Waals surface area contributed by atoms with Crippen molar-refractivity contribution in [3.05, 3.63) is 16.0 Å². The molecule has 0 saturated heterocycles. The van der Waals surface area contributed by atoms with Crippen molar-refractivity contribution >= 4 is 21.7 Å². The first-order valence-electron chi connectivity index (χ1n) is 8.50. The lowest BCUT2D eigenvalue weighted by atomic mass is 9.82. The Hall–Kier alpha value is -0.640. The Kier molecular flexibility index (Phi) is 4.82. The standard InChI is InChI=1S/C17H26BrN3/c1-3-10-19-17-14(18)15(12-8-9-12)20-16(21-17)13-6-4-11(2)5-7-13/h11-13H,3-10H2,1-2H3,(H,19,20,21). The molecule has 3 nitrogen and oxygen atoms in total. The quantitative estimate of drug-likeness (QED) is 0.788. The van der Waals surface area contributed by atoms with E-state index in [1.165, 1.54) is 44.2 Å². The van der Waals surface area contributed by atoms with Crippen molar-refractivity contribution in [3.8, 4) is 0 Å². The van der Waals surface area contributed by atoms with Crippen LogP contribution >= 0.6 is 15.9 Å². The van der Waals surface area contributed by atoms with Crippen LogP contribution in [-0.4, -0.2) is 16.5 Å². The monoisotopic (exact) mass is 351 g/mol. The molecule has 0 radical (unpaired) electrons. The van der Waals surface area contributed by atoms with Crippen molar-refractivity contribution in [1.82, 2.24) is 9.97 Å². The van der Waals surface area contributed by atoms with Gasteiger partial charge in [0.05, 0.1) is 10.2 Å². The van der Waals surface area contributed by atoms with Crippen LogP contribution in [-0.2, 0) is 0 Å². The van der Waals surface area contributed by atoms with Gasteiger partial charge in [0.1, 0.15) is 11.6 Å². The normalized spacial score (nSPS) is 25.9. The molecule has 2 fully saturated rings. The second kappa shape index (κ2) is 6.64. The van der Waals surface area contributed by atoms with Crippen LogP contribution in [0.4, 0.5) is 5.82 Å². The van der Waals surface area contributed by atoms with Crippen LogP contribution in [0.15, 0.2) is 4.47 Å². The number of hydrogen-bond acceptors (Lipinski definition) is 3. The Labute approximate surface area is 136 Å². The van der Waals surface area contributed by atoms with E-state index in [9.17, 15) is 0 Å². The lowest BCUT2D eigenvalue weighted by Gasteiger charge is -2.26. The molecule has 21 heavy (non-hydrogen) atoms. The van der Waals surface area contributed by atoms with Crippen LogP contribution in [0.2, 0.25) is 0 Å². The van der Waals surface area contributed by atoms with Gasteiger partial charge in [-0.15, -0.1) is 0 Å². The molecule has 1 aromatic rings. The number of nitrogens with zero attached hydrogens (tertiary/aromatic N) is 2. The van der Waals surface area contributed by atoms with Crippen LogP contribution in [0.3, 0.4) is 0 Å². The van der Waals surface area contributed by atoms with Gasteiger partial charge in [0.15, 0.2) is 0 Å². The molecule has 3 rings (SSSR count). The largest absolute Gasteiger partial charge is 0.369 e. The zero-order valence-corrected chi connectivity index (χ0v) is 14.7. The van der Waals surface area contributed by atoms with Crippen molar-refractivity contribution in [3.63, 3.8) is 0 Å². The van der Waals surface area contributed by atoms with Crippen LogP contribution < -0.4 is 5.32 Å². The SMILES string of the molecule is CCCNc1nc(C2CCC(C)CC2)nc(C2CC2)c1Br. The van der Waals surface area contributed by atoms with Crippen LogP contribution in [0.1, 0.15) is 82.1 Å². The molecule has 1 N–H and O–H groups in total. The van der Waals surface area contributed by atoms with E-state index in [1.54, 1.807) is 0 Å². The van der Waals surface area contributed by atoms with Gasteiger partial charge in [-0.2, -0.15) is 0 Å². The lowest BCUT2D eigenvalue weighted by molar-refractivity contribution is 0.339. The molecule has 2 saturated carbocycles. The predicted octanol–water partition coefficient (Wildman–Crippen LogP) is 5.23. The number of rotatable bonds is 5. The summed E-state index contributed by atoms with van der Waals surface area (Å²) in [6.45, 7) is 5.52. The summed E-state index contributed by atoms with van der Waals surface area (Å²) in [5.74, 6) is 4.20. The molecule has 2 aliphatic carbocycles. The van der Waals surface area contributed by atoms with Crippen molar-refractivity contribution in [2.75, 3.05) is 11.9 Å². The fourth-order valence-corrected chi connectivity index (χ4v) is 3.81. The molecule has 116 valence electrons. The third-order valence-electron chi connectivity index (χ3n) is 4.78. The molecule has 1 aromatic heterocycles. The number of nitrogens with one attached hydrogen (secondary N) is 1. The zero-order valence-electron chi connectivity index (χ0n) is 13.2. The highest BCUT2D eigenvalue weighted by Gasteiger charge is 2.31. The van der Waals surface area contributed by atoms with E-state index < -0.39 is 0 Å². The average molecular weight is 352 g/mol. The van der Waals surface area contributed by atoms with Gasteiger partial charge < -0.3 is 5.32 Å². The van der Waals surface area contributed by atoms with E-state index in [-0.39, 0.29) is 0 Å². The van der Waals surface area contributed by atoms with E-state index in [1.807, 2.05) is 0 Å². The zero-order chi connectivity index (χ0) is 14.8. The van der Waals surface area contributed by atoms with Gasteiger partial charge >= 0.3 is 0 Å². The maximum Gasteiger partial charge on any atom is 0.144 e. The molecule has 1 heterocycles. The van der Waals surface area contributed by atoms with Gasteiger partial charge in [0.25, 0.3) is 0 Å². The molecule has 4 heteroatoms. The van der Waals surface area contributed by atoms with Crippen LogP contribution in [0.5, 0.6) is 0 Å². The van der Waals surface area contributed by atoms with Gasteiger partial charge in [-0.25, -0.2) is 9.97 Å². The highest BCUT2D eigenvalue weighted by molar-refractivity contribution is 9.10. The Bertz CT molecular complexity index is 491. The molecule has 0 aromatic carbocycles. The first-order valence-corrected chi connectivity index (χ1v) is 9.29. The number of anilines is 1. The summed E-state index contributed by atoms with van der Waals surface area (Å²) in [6.07, 6.45) is 8.82. The topological polar surface area (TPSA) is 37.8 Å². The third-order valence-corrected chi connectivity index (χ3v) is 5.56. The Morgan fingerprint density at radius 2 is 1.71 bits per heavy atom. The summed E-state index contributed by atoms with van der Waals surface area (Å²) in [6, 6.07) is 0. The summed E-state index contributed by atoms with van der Waals surface area (Å²) in [5.41, 5.74) is 1.25. The van der Waals surface area contributed by atoms with Gasteiger partial charge in [0, 0.05) is 18.4 Å². The van der Waals surface area contributed by atoms with Crippen molar-refractivity contribution < 1.29 is 0 Å². The number of aromatic nitrogens is 2. The molecule has 0 spiro atoms. The van der Waals surface area contributed by atoms with Crippen LogP contribution in [0, 0.1) is 5.92 Å². The van der Waals surface area contributed by atoms with Crippen molar-refractivity contribution in [2.45, 2.75) is 70.6 Å². The molecule has 0 amide bonds. The molecular formula is C17H26BrN3. The van der Waals surface area contributed by atoms with E-state index in [0.717, 1.165) is 35.0 Å². The average Bonchev–Trinajstić information content (AvgIpc) is 3.32. The smallest absolute Gasteiger partial charge is 0.144 e. The summed E-state index contributed by atoms with van der Waals surface area (Å²) in [4.78, 5) is 9.81. The van der Waals surface area contributed by atoms with Crippen molar-refractivity contribution in [1.29, 1.82) is 0 Å². The predicted molar refractivity (Wildman–Crippen MR) is 90.9 cm³/mol. The maximum absolute atomic E-state index is 4.95. The molecular weight excluding hydrogens is 326 g/mol. The van der Waals surface area contributed by atoms with E-state index >= 15 is 0 Å². The minimum atomic E-state index is 0.564. The minimum Gasteiger partial charge on any atom is -0.369 e. The molecule has 2 aliphatic rings. The van der Waals surface area contributed by atoms with Crippen molar-refractivity contribution in [2.24, 2.45) is 5.92 Å². The van der Waals surface area contributed by atoms with Gasteiger partial charge in [-0.1, -0.05) is 26.7 Å². The van der Waals surface area contributed by atoms with Gasteiger partial charge in [-0.05, 0) is 54.0 Å². The summed E-state index contributed by atoms with van der Waals surface area (Å²) >= 11 is 3.73. The summed E-state index contributed by atoms with van der Waals surface area (Å²) in [7, 11) is 0. The molecule has 0 aliphatic heterocycles. The Morgan fingerprint density at radius 3 is 2.33 bits per heavy atom. The highest BCUT2D eigenvalue weighted by Crippen LogP contribution is 2.45. The maximum atomic E-state index is 4.95. The Balaban J connectivity index is 1.86. The van der Waals surface area contributed by atoms with E-state index in [4.69, 9.17) is 9.97 Å². The Morgan fingerprint density at radius 1 is 1.05 bits per heavy atom. The molecule has 0 unspecified atom stereocenters. The summed E-state index contributed by atoms with van der Waals surface area (Å²) in [5, 5.41) is 3.48. The number of halogens is 1. The van der Waals surface area contributed by atoms with Gasteiger partial charge in [0.2, 0.25) is 0 Å². The first-order chi connectivity index (χ1) is 10.2. The fourth-order valence-electron chi connectivity index (χ4n) is 3.17. The second-order valence-electron chi connectivity index (χ2n) is 6.79. The second-order valence-corrected chi connectivity index (χ2v) is 7.58. The molecule has 0 atom stereocenters. The highest BCUT2D eigenvalue weighted by atomic mass is 79.9. The third kappa shape index (κ3) is 3.58. The fraction of sp³-hybridized carbons (Fsp3) is 0.765. The molecule has 0 bridgehead atoms. The van der Waals surface area contributed by atoms with E-state index in [0.29, 0.717) is 11.8 Å². The van der Waals surface area contributed by atoms with E-state index in [2.05, 4.69) is 35.1 Å². The van der Waals surface area contributed by atoms with Crippen LogP contribution in [0.25, 0.3) is 0 Å². The lowest BCUT2D eigenvalue weighted by Crippen LogP contribution is -2.16. The summed E-state index contributed by atoms with van der Waals surface area (Å²) < 4.78 is 1.10. The minimum absolute atomic E-state index is 0.564. The first kappa shape index (κ1) is 15.3. The number of hydrogen-bond donors (Lipinski definition) is 1.